The quantitative estimate of drug-likeness (QED) is 0.309. The Morgan fingerprint density at radius 3 is 2.39 bits per heavy atom. The van der Waals surface area contributed by atoms with Crippen molar-refractivity contribution in [1.29, 1.82) is 0 Å². The molecule has 3 nitrogen and oxygen atoms in total. The fraction of sp³-hybridized carbons (Fsp3) is 0.632. The summed E-state index contributed by atoms with van der Waals surface area (Å²) in [5.41, 5.74) is 0.686. The van der Waals surface area contributed by atoms with Gasteiger partial charge in [0.05, 0.1) is 18.0 Å². The van der Waals surface area contributed by atoms with Crippen LogP contribution in [0.25, 0.3) is 0 Å². The zero-order valence-electron chi connectivity index (χ0n) is 14.8. The van der Waals surface area contributed by atoms with Crippen LogP contribution in [0.2, 0.25) is 0 Å². The molecule has 0 bridgehead atoms. The van der Waals surface area contributed by atoms with Crippen molar-refractivity contribution in [1.82, 2.24) is 0 Å². The van der Waals surface area contributed by atoms with E-state index < -0.39 is 0 Å². The summed E-state index contributed by atoms with van der Waals surface area (Å²) in [5, 5.41) is 1.04. The van der Waals surface area contributed by atoms with E-state index in [0.717, 1.165) is 37.6 Å². The van der Waals surface area contributed by atoms with Crippen molar-refractivity contribution in [2.45, 2.75) is 65.1 Å². The fourth-order valence-electron chi connectivity index (χ4n) is 2.25. The van der Waals surface area contributed by atoms with Crippen LogP contribution < -0.4 is 5.30 Å². The summed E-state index contributed by atoms with van der Waals surface area (Å²) in [5.74, 6) is -0.0664. The first-order valence-electron chi connectivity index (χ1n) is 8.83. The Labute approximate surface area is 142 Å². The molecular weight excluding hydrogens is 307 g/mol. The fourth-order valence-corrected chi connectivity index (χ4v) is 3.43. The topological polar surface area (TPSA) is 35.5 Å². The molecule has 1 aromatic rings. The summed E-state index contributed by atoms with van der Waals surface area (Å²) in [6, 6.07) is 7.73. The molecule has 0 aliphatic heterocycles. The molecule has 0 spiro atoms. The van der Waals surface area contributed by atoms with Gasteiger partial charge in [0.15, 0.2) is 0 Å². The van der Waals surface area contributed by atoms with E-state index >= 15 is 0 Å². The minimum absolute atomic E-state index is 0.140. The molecule has 0 heterocycles. The van der Waals surface area contributed by atoms with Crippen molar-refractivity contribution in [3.8, 4) is 0 Å². The molecule has 0 aliphatic rings. The number of hydrogen-bond acceptors (Lipinski definition) is 3. The summed E-state index contributed by atoms with van der Waals surface area (Å²) in [6.07, 6.45) is 6.67. The van der Waals surface area contributed by atoms with Gasteiger partial charge in [-0.25, -0.2) is 4.79 Å². The third-order valence-electron chi connectivity index (χ3n) is 3.60. The summed E-state index contributed by atoms with van der Waals surface area (Å²) in [7, 11) is 0.464. The van der Waals surface area contributed by atoms with E-state index in [1.807, 2.05) is 24.3 Å². The van der Waals surface area contributed by atoms with Crippen LogP contribution in [0, 0.1) is 0 Å². The second-order valence-electron chi connectivity index (χ2n) is 5.75. The van der Waals surface area contributed by atoms with Crippen molar-refractivity contribution < 1.29 is 14.3 Å². The third kappa shape index (κ3) is 8.48. The number of unbranched alkanes of at least 4 members (excludes halogenated alkanes) is 4. The van der Waals surface area contributed by atoms with Gasteiger partial charge in [-0.2, -0.15) is 0 Å². The lowest BCUT2D eigenvalue weighted by Gasteiger charge is -2.15. The summed E-state index contributed by atoms with van der Waals surface area (Å²) < 4.78 is 11.2. The van der Waals surface area contributed by atoms with Gasteiger partial charge in [0.1, 0.15) is 0 Å². The van der Waals surface area contributed by atoms with Crippen LogP contribution in [0.15, 0.2) is 24.3 Å². The van der Waals surface area contributed by atoms with Crippen LogP contribution in [0.4, 0.5) is 0 Å². The van der Waals surface area contributed by atoms with E-state index in [0.29, 0.717) is 20.8 Å². The maximum Gasteiger partial charge on any atom is 0.338 e. The molecular formula is C19H31O3P. The first-order valence-corrected chi connectivity index (χ1v) is 9.91. The van der Waals surface area contributed by atoms with Crippen molar-refractivity contribution in [2.24, 2.45) is 0 Å². The molecule has 1 aromatic carbocycles. The van der Waals surface area contributed by atoms with Crippen LogP contribution in [-0.2, 0) is 9.47 Å². The first kappa shape index (κ1) is 20.1. The number of carbonyl (C=O) groups is 1. The van der Waals surface area contributed by atoms with Gasteiger partial charge in [0.2, 0.25) is 0 Å². The molecule has 2 unspecified atom stereocenters. The van der Waals surface area contributed by atoms with Gasteiger partial charge in [-0.05, 0) is 31.1 Å². The average molecular weight is 338 g/mol. The van der Waals surface area contributed by atoms with Gasteiger partial charge >= 0.3 is 5.97 Å². The monoisotopic (exact) mass is 338 g/mol. The summed E-state index contributed by atoms with van der Waals surface area (Å²) in [4.78, 5) is 12.3. The molecule has 2 atom stereocenters. The van der Waals surface area contributed by atoms with Crippen molar-refractivity contribution >= 4 is 19.9 Å². The largest absolute Gasteiger partial charge is 0.462 e. The lowest BCUT2D eigenvalue weighted by atomic mass is 10.2. The molecule has 0 radical (unpaired) electrons. The van der Waals surface area contributed by atoms with E-state index in [4.69, 9.17) is 9.47 Å². The van der Waals surface area contributed by atoms with E-state index in [9.17, 15) is 4.79 Å². The van der Waals surface area contributed by atoms with E-state index in [1.165, 1.54) is 12.8 Å². The molecule has 130 valence electrons. The van der Waals surface area contributed by atoms with E-state index in [-0.39, 0.29) is 11.8 Å². The lowest BCUT2D eigenvalue weighted by molar-refractivity contribution is 0.0500. The molecule has 1 rings (SSSR count). The number of hydrogen-bond donors (Lipinski definition) is 0. The third-order valence-corrected chi connectivity index (χ3v) is 4.92. The van der Waals surface area contributed by atoms with Gasteiger partial charge in [0.25, 0.3) is 0 Å². The molecule has 0 aliphatic carbocycles. The highest BCUT2D eigenvalue weighted by Gasteiger charge is 2.14. The zero-order valence-corrected chi connectivity index (χ0v) is 15.8. The van der Waals surface area contributed by atoms with Crippen LogP contribution in [0.5, 0.6) is 0 Å². The lowest BCUT2D eigenvalue weighted by Crippen LogP contribution is -2.17. The maximum absolute atomic E-state index is 12.3. The first-order chi connectivity index (χ1) is 11.2. The second-order valence-corrected chi connectivity index (χ2v) is 7.39. The van der Waals surface area contributed by atoms with E-state index in [2.05, 4.69) is 20.8 Å². The second kappa shape index (κ2) is 12.5. The SMILES string of the molecule is CCCCCOC(=O)c1ccccc1PC(C)OCCCCC. The summed E-state index contributed by atoms with van der Waals surface area (Å²) in [6.45, 7) is 7.71. The predicted molar refractivity (Wildman–Crippen MR) is 99.1 cm³/mol. The molecule has 0 saturated carbocycles. The Morgan fingerprint density at radius 2 is 1.70 bits per heavy atom. The van der Waals surface area contributed by atoms with Gasteiger partial charge < -0.3 is 9.47 Å². The molecule has 0 fully saturated rings. The normalized spacial score (nSPS) is 12.7. The maximum atomic E-state index is 12.3. The number of benzene rings is 1. The predicted octanol–water partition coefficient (Wildman–Crippen LogP) is 4.89. The molecule has 4 heteroatoms. The highest BCUT2D eigenvalue weighted by molar-refractivity contribution is 7.48. The Morgan fingerprint density at radius 1 is 1.04 bits per heavy atom. The Hall–Kier alpha value is -0.920. The molecule has 23 heavy (non-hydrogen) atoms. The number of ether oxygens (including phenoxy) is 2. The van der Waals surface area contributed by atoms with Crippen LogP contribution >= 0.6 is 8.58 Å². The smallest absolute Gasteiger partial charge is 0.338 e. The molecule has 0 N–H and O–H groups in total. The van der Waals surface area contributed by atoms with Crippen molar-refractivity contribution in [3.05, 3.63) is 29.8 Å². The minimum Gasteiger partial charge on any atom is -0.462 e. The standard InChI is InChI=1S/C19H31O3P/c1-4-6-10-14-21-16(3)23-18-13-9-8-12-17(18)19(20)22-15-11-7-5-2/h8-9,12-13,16,23H,4-7,10-11,14-15H2,1-3H3. The Kier molecular flexibility index (Phi) is 10.9. The average Bonchev–Trinajstić information content (AvgIpc) is 2.56. The minimum atomic E-state index is -0.206. The molecule has 0 amide bonds. The van der Waals surface area contributed by atoms with Gasteiger partial charge in [-0.3, -0.25) is 0 Å². The number of esters is 1. The van der Waals surface area contributed by atoms with Crippen LogP contribution in [0.1, 0.15) is 69.7 Å². The van der Waals surface area contributed by atoms with Gasteiger partial charge in [-0.15, -0.1) is 0 Å². The van der Waals surface area contributed by atoms with E-state index in [1.54, 1.807) is 0 Å². The van der Waals surface area contributed by atoms with Crippen LogP contribution in [-0.4, -0.2) is 25.0 Å². The van der Waals surface area contributed by atoms with Gasteiger partial charge in [-0.1, -0.05) is 66.3 Å². The van der Waals surface area contributed by atoms with Crippen LogP contribution in [0.3, 0.4) is 0 Å². The Balaban J connectivity index is 2.50. The zero-order chi connectivity index (χ0) is 16.9. The number of rotatable bonds is 12. The molecule has 0 saturated heterocycles. The summed E-state index contributed by atoms with van der Waals surface area (Å²) >= 11 is 0. The highest BCUT2D eigenvalue weighted by Crippen LogP contribution is 2.22. The highest BCUT2D eigenvalue weighted by atomic mass is 31.1. The Bertz CT molecular complexity index is 448. The van der Waals surface area contributed by atoms with Crippen molar-refractivity contribution in [2.75, 3.05) is 13.2 Å². The molecule has 0 aromatic heterocycles. The van der Waals surface area contributed by atoms with Crippen molar-refractivity contribution in [3.63, 3.8) is 0 Å². The number of carbonyl (C=O) groups excluding carboxylic acids is 1. The van der Waals surface area contributed by atoms with Gasteiger partial charge in [0, 0.05) is 6.61 Å².